The van der Waals surface area contributed by atoms with Crippen LogP contribution < -0.4 is 0 Å². The summed E-state index contributed by atoms with van der Waals surface area (Å²) in [6.45, 7) is 0. The Labute approximate surface area is 106 Å². The first-order valence-corrected chi connectivity index (χ1v) is 6.21. The first kappa shape index (κ1) is 10.6. The molecule has 0 bridgehead atoms. The largest absolute Gasteiger partial charge is 0.464 e. The van der Waals surface area contributed by atoms with Crippen LogP contribution in [0.2, 0.25) is 4.34 Å². The molecule has 84 valence electrons. The third-order valence-corrected chi connectivity index (χ3v) is 3.75. The van der Waals surface area contributed by atoms with E-state index in [9.17, 15) is 4.79 Å². The van der Waals surface area contributed by atoms with E-state index in [4.69, 9.17) is 16.0 Å². The van der Waals surface area contributed by atoms with Crippen molar-refractivity contribution < 1.29 is 9.21 Å². The van der Waals surface area contributed by atoms with E-state index < -0.39 is 0 Å². The van der Waals surface area contributed by atoms with Crippen molar-refractivity contribution in [3.63, 3.8) is 0 Å². The van der Waals surface area contributed by atoms with Crippen molar-refractivity contribution in [1.29, 1.82) is 0 Å². The van der Waals surface area contributed by atoms with Gasteiger partial charge in [-0.25, -0.2) is 0 Å². The summed E-state index contributed by atoms with van der Waals surface area (Å²) in [6, 6.07) is 10.9. The number of carbonyl (C=O) groups excluding carboxylic acids is 1. The summed E-state index contributed by atoms with van der Waals surface area (Å²) >= 11 is 7.10. The summed E-state index contributed by atoms with van der Waals surface area (Å²) < 4.78 is 5.96. The lowest BCUT2D eigenvalue weighted by Crippen LogP contribution is -1.96. The standard InChI is InChI=1S/C13H7ClO2S/c14-12-6-5-11(17-12)13(15)9-7-16-10-4-2-1-3-8(9)10/h1-7H. The molecule has 2 nitrogen and oxygen atoms in total. The molecule has 0 saturated heterocycles. The summed E-state index contributed by atoms with van der Waals surface area (Å²) in [4.78, 5) is 12.9. The molecule has 0 amide bonds. The number of hydrogen-bond donors (Lipinski definition) is 0. The smallest absolute Gasteiger partial charge is 0.206 e. The van der Waals surface area contributed by atoms with E-state index in [-0.39, 0.29) is 5.78 Å². The average molecular weight is 263 g/mol. The number of furan rings is 1. The van der Waals surface area contributed by atoms with Gasteiger partial charge in [0, 0.05) is 5.39 Å². The summed E-state index contributed by atoms with van der Waals surface area (Å²) in [7, 11) is 0. The molecule has 0 N–H and O–H groups in total. The van der Waals surface area contributed by atoms with E-state index in [1.165, 1.54) is 17.6 Å². The Bertz CT molecular complexity index is 696. The predicted molar refractivity (Wildman–Crippen MR) is 69.0 cm³/mol. The normalized spacial score (nSPS) is 10.9. The number of rotatable bonds is 2. The molecule has 0 radical (unpaired) electrons. The van der Waals surface area contributed by atoms with Crippen LogP contribution in [-0.4, -0.2) is 5.78 Å². The molecule has 0 aliphatic heterocycles. The number of hydrogen-bond acceptors (Lipinski definition) is 3. The second-order valence-electron chi connectivity index (χ2n) is 3.58. The molecule has 3 rings (SSSR count). The lowest BCUT2D eigenvalue weighted by atomic mass is 10.1. The van der Waals surface area contributed by atoms with Crippen molar-refractivity contribution in [2.75, 3.05) is 0 Å². The van der Waals surface area contributed by atoms with Gasteiger partial charge in [-0.1, -0.05) is 29.8 Å². The number of thiophene rings is 1. The van der Waals surface area contributed by atoms with Gasteiger partial charge in [-0.15, -0.1) is 11.3 Å². The fourth-order valence-electron chi connectivity index (χ4n) is 1.72. The maximum Gasteiger partial charge on any atom is 0.206 e. The molecule has 2 heterocycles. The summed E-state index contributed by atoms with van der Waals surface area (Å²) in [5.74, 6) is -0.0492. The van der Waals surface area contributed by atoms with Gasteiger partial charge in [-0.05, 0) is 18.2 Å². The van der Waals surface area contributed by atoms with E-state index in [0.29, 0.717) is 14.8 Å². The predicted octanol–water partition coefficient (Wildman–Crippen LogP) is 4.38. The Morgan fingerprint density at radius 3 is 2.76 bits per heavy atom. The third kappa shape index (κ3) is 1.77. The average Bonchev–Trinajstić information content (AvgIpc) is 2.94. The van der Waals surface area contributed by atoms with Gasteiger partial charge in [0.2, 0.25) is 5.78 Å². The molecule has 0 fully saturated rings. The molecular formula is C13H7ClO2S. The second kappa shape index (κ2) is 4.02. The molecular weight excluding hydrogens is 256 g/mol. The zero-order valence-electron chi connectivity index (χ0n) is 8.64. The van der Waals surface area contributed by atoms with Gasteiger partial charge in [0.15, 0.2) is 0 Å². The molecule has 4 heteroatoms. The Kier molecular flexibility index (Phi) is 2.50. The highest BCUT2D eigenvalue weighted by molar-refractivity contribution is 7.18. The van der Waals surface area contributed by atoms with Crippen LogP contribution in [0.3, 0.4) is 0 Å². The number of benzene rings is 1. The fourth-order valence-corrected chi connectivity index (χ4v) is 2.72. The highest BCUT2D eigenvalue weighted by Crippen LogP contribution is 2.28. The molecule has 0 saturated carbocycles. The van der Waals surface area contributed by atoms with Crippen molar-refractivity contribution in [2.24, 2.45) is 0 Å². The maximum absolute atomic E-state index is 12.2. The Morgan fingerprint density at radius 1 is 1.18 bits per heavy atom. The molecule has 0 spiro atoms. The van der Waals surface area contributed by atoms with Crippen molar-refractivity contribution in [1.82, 2.24) is 0 Å². The van der Waals surface area contributed by atoms with Crippen molar-refractivity contribution in [3.05, 3.63) is 57.4 Å². The van der Waals surface area contributed by atoms with Gasteiger partial charge < -0.3 is 4.42 Å². The van der Waals surface area contributed by atoms with Gasteiger partial charge in [0.1, 0.15) is 11.8 Å². The van der Waals surface area contributed by atoms with Crippen molar-refractivity contribution >= 4 is 39.7 Å². The minimum Gasteiger partial charge on any atom is -0.464 e. The Hall–Kier alpha value is -1.58. The molecule has 0 aliphatic rings. The van der Waals surface area contributed by atoms with E-state index in [1.54, 1.807) is 12.1 Å². The highest BCUT2D eigenvalue weighted by Gasteiger charge is 2.16. The Morgan fingerprint density at radius 2 is 2.00 bits per heavy atom. The number of halogens is 1. The molecule has 1 aromatic carbocycles. The quantitative estimate of drug-likeness (QED) is 0.642. The van der Waals surface area contributed by atoms with Crippen LogP contribution in [-0.2, 0) is 0 Å². The van der Waals surface area contributed by atoms with Gasteiger partial charge in [-0.2, -0.15) is 0 Å². The fraction of sp³-hybridized carbons (Fsp3) is 0. The van der Waals surface area contributed by atoms with Gasteiger partial charge in [0.05, 0.1) is 14.8 Å². The highest BCUT2D eigenvalue weighted by atomic mass is 35.5. The monoisotopic (exact) mass is 262 g/mol. The van der Waals surface area contributed by atoms with Crippen molar-refractivity contribution in [2.45, 2.75) is 0 Å². The first-order valence-electron chi connectivity index (χ1n) is 5.02. The topological polar surface area (TPSA) is 30.2 Å². The van der Waals surface area contributed by atoms with E-state index in [1.807, 2.05) is 24.3 Å². The van der Waals surface area contributed by atoms with Crippen LogP contribution in [0.25, 0.3) is 11.0 Å². The van der Waals surface area contributed by atoms with Crippen LogP contribution in [0.1, 0.15) is 15.2 Å². The SMILES string of the molecule is O=C(c1ccc(Cl)s1)c1coc2ccccc12. The first-order chi connectivity index (χ1) is 8.25. The second-order valence-corrected chi connectivity index (χ2v) is 5.29. The van der Waals surface area contributed by atoms with Gasteiger partial charge in [0.25, 0.3) is 0 Å². The van der Waals surface area contributed by atoms with Crippen LogP contribution >= 0.6 is 22.9 Å². The molecule has 0 aliphatic carbocycles. The van der Waals surface area contributed by atoms with Gasteiger partial charge >= 0.3 is 0 Å². The van der Waals surface area contributed by atoms with Crippen molar-refractivity contribution in [3.8, 4) is 0 Å². The van der Waals surface area contributed by atoms with E-state index >= 15 is 0 Å². The minimum absolute atomic E-state index is 0.0492. The number of para-hydroxylation sites is 1. The van der Waals surface area contributed by atoms with Crippen LogP contribution in [0.5, 0.6) is 0 Å². The molecule has 3 aromatic rings. The lowest BCUT2D eigenvalue weighted by Gasteiger charge is -1.93. The molecule has 0 unspecified atom stereocenters. The molecule has 0 atom stereocenters. The minimum atomic E-state index is -0.0492. The van der Waals surface area contributed by atoms with E-state index in [0.717, 1.165) is 11.0 Å². The van der Waals surface area contributed by atoms with Crippen LogP contribution in [0.4, 0.5) is 0 Å². The summed E-state index contributed by atoms with van der Waals surface area (Å²) in [6.07, 6.45) is 1.50. The zero-order chi connectivity index (χ0) is 11.8. The van der Waals surface area contributed by atoms with E-state index in [2.05, 4.69) is 0 Å². The lowest BCUT2D eigenvalue weighted by molar-refractivity contribution is 0.104. The summed E-state index contributed by atoms with van der Waals surface area (Å²) in [5, 5.41) is 0.835. The number of carbonyl (C=O) groups is 1. The zero-order valence-corrected chi connectivity index (χ0v) is 10.2. The summed E-state index contributed by atoms with van der Waals surface area (Å²) in [5.41, 5.74) is 1.30. The van der Waals surface area contributed by atoms with Gasteiger partial charge in [-0.3, -0.25) is 4.79 Å². The molecule has 2 aromatic heterocycles. The van der Waals surface area contributed by atoms with Crippen LogP contribution in [0, 0.1) is 0 Å². The number of ketones is 1. The number of fused-ring (bicyclic) bond motifs is 1. The van der Waals surface area contributed by atoms with Crippen LogP contribution in [0.15, 0.2) is 47.1 Å². The third-order valence-electron chi connectivity index (χ3n) is 2.52. The molecule has 17 heavy (non-hydrogen) atoms. The Balaban J connectivity index is 2.13. The maximum atomic E-state index is 12.2.